The molecule has 0 saturated heterocycles. The molecule has 0 radical (unpaired) electrons. The monoisotopic (exact) mass is 269 g/mol. The van der Waals surface area contributed by atoms with E-state index in [1.54, 1.807) is 0 Å². The number of rotatable bonds is 5. The first kappa shape index (κ1) is 14.8. The minimum absolute atomic E-state index is 0.110. The molecule has 0 spiro atoms. The molecule has 19 heavy (non-hydrogen) atoms. The van der Waals surface area contributed by atoms with Crippen LogP contribution in [0.5, 0.6) is 0 Å². The van der Waals surface area contributed by atoms with E-state index in [2.05, 4.69) is 6.58 Å². The Balaban J connectivity index is 3.19. The van der Waals surface area contributed by atoms with Crippen molar-refractivity contribution >= 4 is 11.9 Å². The van der Waals surface area contributed by atoms with E-state index in [1.165, 1.54) is 19.1 Å². The second-order valence-electron chi connectivity index (χ2n) is 3.92. The summed E-state index contributed by atoms with van der Waals surface area (Å²) in [6, 6.07) is 2.18. The van der Waals surface area contributed by atoms with Crippen molar-refractivity contribution in [2.24, 2.45) is 0 Å². The lowest BCUT2D eigenvalue weighted by molar-refractivity contribution is -0.137. The molecule has 0 fully saturated rings. The highest BCUT2D eigenvalue weighted by atomic mass is 19.1. The molecule has 0 aliphatic heterocycles. The Hall–Kier alpha value is -2.24. The van der Waals surface area contributed by atoms with Gasteiger partial charge in [0.1, 0.15) is 23.7 Å². The second kappa shape index (κ2) is 6.08. The van der Waals surface area contributed by atoms with Crippen molar-refractivity contribution in [3.05, 3.63) is 47.5 Å². The predicted molar refractivity (Wildman–Crippen MR) is 64.8 cm³/mol. The van der Waals surface area contributed by atoms with Gasteiger partial charge in [0.25, 0.3) is 5.91 Å². The van der Waals surface area contributed by atoms with Gasteiger partial charge in [0.15, 0.2) is 0 Å². The van der Waals surface area contributed by atoms with Crippen LogP contribution < -0.4 is 0 Å². The molecule has 1 N–H and O–H groups in total. The maximum atomic E-state index is 13.8. The third-order valence-corrected chi connectivity index (χ3v) is 2.46. The molecule has 102 valence electrons. The number of carboxylic acids is 1. The largest absolute Gasteiger partial charge is 0.480 e. The molecular formula is C13H13F2NO3. The SMILES string of the molecule is C=CCN(CC(=O)O)C(=O)c1c(F)ccc(C)c1F. The number of carbonyl (C=O) groups excluding carboxylic acids is 1. The molecule has 0 aliphatic rings. The summed E-state index contributed by atoms with van der Waals surface area (Å²) in [7, 11) is 0. The fourth-order valence-corrected chi connectivity index (χ4v) is 1.55. The van der Waals surface area contributed by atoms with Gasteiger partial charge in [-0.25, -0.2) is 8.78 Å². The van der Waals surface area contributed by atoms with Crippen LogP contribution in [0.4, 0.5) is 8.78 Å². The van der Waals surface area contributed by atoms with Gasteiger partial charge in [-0.15, -0.1) is 6.58 Å². The fourth-order valence-electron chi connectivity index (χ4n) is 1.55. The topological polar surface area (TPSA) is 57.6 Å². The van der Waals surface area contributed by atoms with Crippen LogP contribution in [0, 0.1) is 18.6 Å². The Morgan fingerprint density at radius 1 is 1.42 bits per heavy atom. The summed E-state index contributed by atoms with van der Waals surface area (Å²) in [4.78, 5) is 23.4. The molecule has 6 heteroatoms. The lowest BCUT2D eigenvalue weighted by Gasteiger charge is -2.19. The molecule has 1 rings (SSSR count). The maximum absolute atomic E-state index is 13.8. The third-order valence-electron chi connectivity index (χ3n) is 2.46. The average molecular weight is 269 g/mol. The van der Waals surface area contributed by atoms with Crippen molar-refractivity contribution in [1.29, 1.82) is 0 Å². The van der Waals surface area contributed by atoms with E-state index in [0.29, 0.717) is 0 Å². The van der Waals surface area contributed by atoms with Gasteiger partial charge >= 0.3 is 5.97 Å². The Labute approximate surface area is 109 Å². The van der Waals surface area contributed by atoms with Gasteiger partial charge in [0.2, 0.25) is 0 Å². The number of hydrogen-bond donors (Lipinski definition) is 1. The highest BCUT2D eigenvalue weighted by Crippen LogP contribution is 2.18. The minimum atomic E-state index is -1.27. The highest BCUT2D eigenvalue weighted by molar-refractivity contribution is 5.96. The van der Waals surface area contributed by atoms with Crippen molar-refractivity contribution in [2.75, 3.05) is 13.1 Å². The van der Waals surface area contributed by atoms with Gasteiger partial charge in [-0.1, -0.05) is 12.1 Å². The molecule has 0 aliphatic carbocycles. The van der Waals surface area contributed by atoms with E-state index >= 15 is 0 Å². The minimum Gasteiger partial charge on any atom is -0.480 e. The van der Waals surface area contributed by atoms with Gasteiger partial charge in [-0.05, 0) is 18.6 Å². The summed E-state index contributed by atoms with van der Waals surface area (Å²) in [5.41, 5.74) is -0.637. The second-order valence-corrected chi connectivity index (χ2v) is 3.92. The molecule has 1 amide bonds. The van der Waals surface area contributed by atoms with Crippen molar-refractivity contribution in [1.82, 2.24) is 4.90 Å². The number of hydrogen-bond acceptors (Lipinski definition) is 2. The van der Waals surface area contributed by atoms with Crippen LogP contribution in [0.25, 0.3) is 0 Å². The summed E-state index contributed by atoms with van der Waals surface area (Å²) in [6.45, 7) is 3.99. The fraction of sp³-hybridized carbons (Fsp3) is 0.231. The molecule has 1 aromatic rings. The van der Waals surface area contributed by atoms with E-state index in [4.69, 9.17) is 5.11 Å². The molecule has 1 aromatic carbocycles. The van der Waals surface area contributed by atoms with Crippen LogP contribution in [0.3, 0.4) is 0 Å². The molecule has 4 nitrogen and oxygen atoms in total. The van der Waals surface area contributed by atoms with Crippen LogP contribution in [-0.2, 0) is 4.79 Å². The van der Waals surface area contributed by atoms with E-state index in [0.717, 1.165) is 11.0 Å². The van der Waals surface area contributed by atoms with Crippen LogP contribution in [0.1, 0.15) is 15.9 Å². The summed E-state index contributed by atoms with van der Waals surface area (Å²) in [5.74, 6) is -4.29. The molecule has 0 bridgehead atoms. The highest BCUT2D eigenvalue weighted by Gasteiger charge is 2.25. The van der Waals surface area contributed by atoms with E-state index in [-0.39, 0.29) is 12.1 Å². The molecule has 0 atom stereocenters. The average Bonchev–Trinajstić information content (AvgIpc) is 2.33. The number of halogens is 2. The number of benzene rings is 1. The molecule has 0 aromatic heterocycles. The quantitative estimate of drug-likeness (QED) is 0.832. The van der Waals surface area contributed by atoms with E-state index in [1.807, 2.05) is 0 Å². The first-order valence-corrected chi connectivity index (χ1v) is 5.45. The van der Waals surface area contributed by atoms with Crippen LogP contribution in [-0.4, -0.2) is 35.0 Å². The lowest BCUT2D eigenvalue weighted by atomic mass is 10.1. The van der Waals surface area contributed by atoms with Crippen molar-refractivity contribution < 1.29 is 23.5 Å². The lowest BCUT2D eigenvalue weighted by Crippen LogP contribution is -2.36. The van der Waals surface area contributed by atoms with Gasteiger partial charge in [0.05, 0.1) is 0 Å². The first-order valence-electron chi connectivity index (χ1n) is 5.45. The van der Waals surface area contributed by atoms with E-state index in [9.17, 15) is 18.4 Å². The summed E-state index contributed by atoms with van der Waals surface area (Å²) in [5, 5.41) is 8.68. The summed E-state index contributed by atoms with van der Waals surface area (Å²) < 4.78 is 27.3. The first-order chi connectivity index (χ1) is 8.88. The maximum Gasteiger partial charge on any atom is 0.323 e. The zero-order chi connectivity index (χ0) is 14.6. The van der Waals surface area contributed by atoms with Crippen LogP contribution >= 0.6 is 0 Å². The van der Waals surface area contributed by atoms with Crippen molar-refractivity contribution in [3.8, 4) is 0 Å². The molecule has 0 heterocycles. The predicted octanol–water partition coefficient (Wildman–Crippen LogP) is 1.99. The van der Waals surface area contributed by atoms with Crippen molar-refractivity contribution in [2.45, 2.75) is 6.92 Å². The van der Waals surface area contributed by atoms with Gasteiger partial charge < -0.3 is 10.0 Å². The standard InChI is InChI=1S/C13H13F2NO3/c1-3-6-16(7-10(17)18)13(19)11-9(14)5-4-8(2)12(11)15/h3-5H,1,6-7H2,2H3,(H,17,18). The van der Waals surface area contributed by atoms with Gasteiger partial charge in [-0.2, -0.15) is 0 Å². The molecule has 0 unspecified atom stereocenters. The molecule has 0 saturated carbocycles. The third kappa shape index (κ3) is 3.37. The van der Waals surface area contributed by atoms with Crippen LogP contribution in [0.2, 0.25) is 0 Å². The van der Waals surface area contributed by atoms with Crippen molar-refractivity contribution in [3.63, 3.8) is 0 Å². The summed E-state index contributed by atoms with van der Waals surface area (Å²) >= 11 is 0. The van der Waals surface area contributed by atoms with E-state index < -0.39 is 35.6 Å². The normalized spacial score (nSPS) is 10.1. The number of carboxylic acid groups (broad SMARTS) is 1. The smallest absolute Gasteiger partial charge is 0.323 e. The Bertz CT molecular complexity index is 529. The zero-order valence-corrected chi connectivity index (χ0v) is 10.3. The number of aliphatic carboxylic acids is 1. The number of nitrogens with zero attached hydrogens (tertiary/aromatic N) is 1. The number of amides is 1. The number of aryl methyl sites for hydroxylation is 1. The Kier molecular flexibility index (Phi) is 4.74. The van der Waals surface area contributed by atoms with Crippen LogP contribution in [0.15, 0.2) is 24.8 Å². The number of carbonyl (C=O) groups is 2. The molecular weight excluding hydrogens is 256 g/mol. The zero-order valence-electron chi connectivity index (χ0n) is 10.3. The Morgan fingerprint density at radius 2 is 2.05 bits per heavy atom. The van der Waals surface area contributed by atoms with Gasteiger partial charge in [0, 0.05) is 6.54 Å². The summed E-state index contributed by atoms with van der Waals surface area (Å²) in [6.07, 6.45) is 1.28. The van der Waals surface area contributed by atoms with Gasteiger partial charge in [-0.3, -0.25) is 9.59 Å². The Morgan fingerprint density at radius 3 is 2.58 bits per heavy atom.